The van der Waals surface area contributed by atoms with Crippen LogP contribution in [0.1, 0.15) is 18.1 Å². The molecule has 0 atom stereocenters. The molecule has 0 aromatic heterocycles. The SMILES string of the molecule is CC(=NCc1ccc(F)cc1)c1ccc(Cl)cc1Cl. The van der Waals surface area contributed by atoms with Crippen LogP contribution in [0.2, 0.25) is 10.0 Å². The zero-order valence-corrected chi connectivity index (χ0v) is 11.8. The van der Waals surface area contributed by atoms with E-state index in [2.05, 4.69) is 4.99 Å². The summed E-state index contributed by atoms with van der Waals surface area (Å²) in [6.07, 6.45) is 0. The lowest BCUT2D eigenvalue weighted by molar-refractivity contribution is 0.627. The summed E-state index contributed by atoms with van der Waals surface area (Å²) in [7, 11) is 0. The third-order valence-corrected chi connectivity index (χ3v) is 3.28. The Bertz CT molecular complexity index is 606. The Labute approximate surface area is 121 Å². The summed E-state index contributed by atoms with van der Waals surface area (Å²) in [4.78, 5) is 4.45. The van der Waals surface area contributed by atoms with Gasteiger partial charge in [0.25, 0.3) is 0 Å². The average molecular weight is 296 g/mol. The van der Waals surface area contributed by atoms with Crippen molar-refractivity contribution in [1.29, 1.82) is 0 Å². The largest absolute Gasteiger partial charge is 0.285 e. The maximum atomic E-state index is 12.8. The van der Waals surface area contributed by atoms with Crippen LogP contribution in [0.4, 0.5) is 4.39 Å². The highest BCUT2D eigenvalue weighted by molar-refractivity contribution is 6.37. The van der Waals surface area contributed by atoms with Crippen molar-refractivity contribution in [3.63, 3.8) is 0 Å². The van der Waals surface area contributed by atoms with Gasteiger partial charge in [-0.2, -0.15) is 0 Å². The molecule has 2 rings (SSSR count). The van der Waals surface area contributed by atoms with Gasteiger partial charge < -0.3 is 0 Å². The second-order valence-electron chi connectivity index (χ2n) is 4.15. The van der Waals surface area contributed by atoms with E-state index in [4.69, 9.17) is 23.2 Å². The topological polar surface area (TPSA) is 12.4 Å². The van der Waals surface area contributed by atoms with Crippen LogP contribution in [0.25, 0.3) is 0 Å². The molecule has 0 unspecified atom stereocenters. The lowest BCUT2D eigenvalue weighted by atomic mass is 10.1. The summed E-state index contributed by atoms with van der Waals surface area (Å²) in [6, 6.07) is 11.6. The molecule has 0 aliphatic rings. The van der Waals surface area contributed by atoms with Gasteiger partial charge in [-0.1, -0.05) is 41.4 Å². The van der Waals surface area contributed by atoms with E-state index in [-0.39, 0.29) is 5.82 Å². The standard InChI is InChI=1S/C15H12Cl2FN/c1-10(14-7-4-12(16)8-15(14)17)19-9-11-2-5-13(18)6-3-11/h2-8H,9H2,1H3. The van der Waals surface area contributed by atoms with Gasteiger partial charge in [0.15, 0.2) is 0 Å². The van der Waals surface area contributed by atoms with E-state index >= 15 is 0 Å². The van der Waals surface area contributed by atoms with Crippen LogP contribution >= 0.6 is 23.2 Å². The molecule has 0 bridgehead atoms. The molecule has 0 aliphatic carbocycles. The highest BCUT2D eigenvalue weighted by atomic mass is 35.5. The fourth-order valence-electron chi connectivity index (χ4n) is 1.67. The molecule has 0 fully saturated rings. The first-order chi connectivity index (χ1) is 9.06. The van der Waals surface area contributed by atoms with Crippen molar-refractivity contribution < 1.29 is 4.39 Å². The Balaban J connectivity index is 2.16. The number of hydrogen-bond donors (Lipinski definition) is 0. The molecule has 0 saturated heterocycles. The molecule has 4 heteroatoms. The zero-order chi connectivity index (χ0) is 13.8. The monoisotopic (exact) mass is 295 g/mol. The molecule has 19 heavy (non-hydrogen) atoms. The molecule has 0 amide bonds. The Morgan fingerprint density at radius 1 is 1.11 bits per heavy atom. The van der Waals surface area contributed by atoms with Crippen molar-refractivity contribution in [1.82, 2.24) is 0 Å². The lowest BCUT2D eigenvalue weighted by Gasteiger charge is -2.05. The van der Waals surface area contributed by atoms with E-state index in [0.717, 1.165) is 16.8 Å². The van der Waals surface area contributed by atoms with Gasteiger partial charge >= 0.3 is 0 Å². The minimum Gasteiger partial charge on any atom is -0.285 e. The van der Waals surface area contributed by atoms with Gasteiger partial charge in [0.1, 0.15) is 5.82 Å². The first-order valence-corrected chi connectivity index (χ1v) is 6.53. The van der Waals surface area contributed by atoms with Crippen LogP contribution in [0, 0.1) is 5.82 Å². The Morgan fingerprint density at radius 3 is 2.42 bits per heavy atom. The maximum Gasteiger partial charge on any atom is 0.123 e. The summed E-state index contributed by atoms with van der Waals surface area (Å²) in [5, 5.41) is 1.17. The van der Waals surface area contributed by atoms with Crippen LogP contribution in [0.5, 0.6) is 0 Å². The maximum absolute atomic E-state index is 12.8. The van der Waals surface area contributed by atoms with Gasteiger partial charge in [0, 0.05) is 16.3 Å². The van der Waals surface area contributed by atoms with Gasteiger partial charge in [-0.05, 0) is 36.8 Å². The predicted octanol–water partition coefficient (Wildman–Crippen LogP) is 5.14. The van der Waals surface area contributed by atoms with Crippen molar-refractivity contribution in [2.75, 3.05) is 0 Å². The number of nitrogens with zero attached hydrogens (tertiary/aromatic N) is 1. The van der Waals surface area contributed by atoms with E-state index in [0.29, 0.717) is 16.6 Å². The Kier molecular flexibility index (Phi) is 4.56. The summed E-state index contributed by atoms with van der Waals surface area (Å²) in [5.74, 6) is -0.245. The van der Waals surface area contributed by atoms with Crippen LogP contribution < -0.4 is 0 Å². The molecule has 98 valence electrons. The van der Waals surface area contributed by atoms with Crippen LogP contribution in [0.3, 0.4) is 0 Å². The molecule has 2 aromatic rings. The van der Waals surface area contributed by atoms with E-state index in [1.807, 2.05) is 13.0 Å². The van der Waals surface area contributed by atoms with E-state index in [9.17, 15) is 4.39 Å². The minimum atomic E-state index is -0.245. The molecular formula is C15H12Cl2FN. The quantitative estimate of drug-likeness (QED) is 0.695. The first-order valence-electron chi connectivity index (χ1n) is 5.77. The Morgan fingerprint density at radius 2 is 1.79 bits per heavy atom. The molecule has 2 aromatic carbocycles. The minimum absolute atomic E-state index is 0.245. The number of halogens is 3. The van der Waals surface area contributed by atoms with Crippen LogP contribution in [0.15, 0.2) is 47.5 Å². The smallest absolute Gasteiger partial charge is 0.123 e. The molecule has 0 aliphatic heterocycles. The third-order valence-electron chi connectivity index (χ3n) is 2.73. The molecule has 0 heterocycles. The molecule has 0 N–H and O–H groups in total. The van der Waals surface area contributed by atoms with Crippen molar-refractivity contribution in [3.8, 4) is 0 Å². The highest BCUT2D eigenvalue weighted by Gasteiger charge is 2.04. The number of aliphatic imine (C=N–C) groups is 1. The van der Waals surface area contributed by atoms with Gasteiger partial charge in [-0.15, -0.1) is 0 Å². The van der Waals surface area contributed by atoms with Crippen LogP contribution in [-0.2, 0) is 6.54 Å². The van der Waals surface area contributed by atoms with E-state index in [1.165, 1.54) is 12.1 Å². The van der Waals surface area contributed by atoms with Crippen LogP contribution in [-0.4, -0.2) is 5.71 Å². The number of hydrogen-bond acceptors (Lipinski definition) is 1. The molecule has 0 saturated carbocycles. The normalized spacial score (nSPS) is 11.7. The summed E-state index contributed by atoms with van der Waals surface area (Å²) < 4.78 is 12.8. The number of rotatable bonds is 3. The first kappa shape index (κ1) is 14.0. The van der Waals surface area contributed by atoms with Gasteiger partial charge in [-0.25, -0.2) is 4.39 Å². The fourth-order valence-corrected chi connectivity index (χ4v) is 2.21. The second kappa shape index (κ2) is 6.18. The summed E-state index contributed by atoms with van der Waals surface area (Å²) in [5.41, 5.74) is 2.63. The molecule has 1 nitrogen and oxygen atoms in total. The fraction of sp³-hybridized carbons (Fsp3) is 0.133. The Hall–Kier alpha value is -1.38. The highest BCUT2D eigenvalue weighted by Crippen LogP contribution is 2.21. The van der Waals surface area contributed by atoms with E-state index < -0.39 is 0 Å². The average Bonchev–Trinajstić information content (AvgIpc) is 2.37. The number of benzene rings is 2. The second-order valence-corrected chi connectivity index (χ2v) is 5.00. The molecule has 0 spiro atoms. The van der Waals surface area contributed by atoms with Crippen molar-refractivity contribution >= 4 is 28.9 Å². The van der Waals surface area contributed by atoms with Crippen molar-refractivity contribution in [3.05, 3.63) is 69.5 Å². The van der Waals surface area contributed by atoms with Crippen molar-refractivity contribution in [2.45, 2.75) is 13.5 Å². The zero-order valence-electron chi connectivity index (χ0n) is 10.3. The predicted molar refractivity (Wildman–Crippen MR) is 78.8 cm³/mol. The summed E-state index contributed by atoms with van der Waals surface area (Å²) in [6.45, 7) is 2.38. The summed E-state index contributed by atoms with van der Waals surface area (Å²) >= 11 is 12.0. The van der Waals surface area contributed by atoms with Gasteiger partial charge in [0.05, 0.1) is 11.6 Å². The third kappa shape index (κ3) is 3.79. The molecule has 0 radical (unpaired) electrons. The molecular weight excluding hydrogens is 284 g/mol. The van der Waals surface area contributed by atoms with E-state index in [1.54, 1.807) is 24.3 Å². The van der Waals surface area contributed by atoms with Gasteiger partial charge in [0.2, 0.25) is 0 Å². The lowest BCUT2D eigenvalue weighted by Crippen LogP contribution is -1.97. The van der Waals surface area contributed by atoms with Gasteiger partial charge in [-0.3, -0.25) is 4.99 Å². The van der Waals surface area contributed by atoms with Crippen molar-refractivity contribution in [2.24, 2.45) is 4.99 Å².